The molecule has 0 spiro atoms. The number of pyridine rings is 1. The Morgan fingerprint density at radius 3 is 2.93 bits per heavy atom. The molecule has 1 fully saturated rings. The molecule has 0 radical (unpaired) electrons. The molecule has 0 amide bonds. The third kappa shape index (κ3) is 2.67. The molecular formula is C11H14N4. The Bertz CT molecular complexity index is 363. The number of hydrogen-bond donors (Lipinski definition) is 2. The highest BCUT2D eigenvalue weighted by molar-refractivity contribution is 5.47. The third-order valence-corrected chi connectivity index (χ3v) is 2.58. The molecule has 2 rings (SSSR count). The van der Waals surface area contributed by atoms with Crippen LogP contribution in [0.2, 0.25) is 0 Å². The van der Waals surface area contributed by atoms with Crippen molar-refractivity contribution in [1.29, 1.82) is 5.26 Å². The number of hydrogen-bond acceptors (Lipinski definition) is 4. The molecule has 4 heteroatoms. The monoisotopic (exact) mass is 202 g/mol. The molecule has 1 saturated heterocycles. The molecule has 1 aromatic heterocycles. The molecule has 2 heterocycles. The first-order valence-electron chi connectivity index (χ1n) is 5.21. The summed E-state index contributed by atoms with van der Waals surface area (Å²) in [7, 11) is 0. The molecule has 0 unspecified atom stereocenters. The Morgan fingerprint density at radius 2 is 2.20 bits per heavy atom. The van der Waals surface area contributed by atoms with Gasteiger partial charge in [-0.25, -0.2) is 0 Å². The number of anilines is 1. The number of aromatic nitrogens is 1. The van der Waals surface area contributed by atoms with Crippen LogP contribution in [0.1, 0.15) is 18.4 Å². The van der Waals surface area contributed by atoms with Crippen molar-refractivity contribution in [2.45, 2.75) is 18.9 Å². The summed E-state index contributed by atoms with van der Waals surface area (Å²) in [5.41, 5.74) is 1.55. The largest absolute Gasteiger partial charge is 0.381 e. The Hall–Kier alpha value is -1.60. The maximum Gasteiger partial charge on any atom is 0.101 e. The van der Waals surface area contributed by atoms with Crippen molar-refractivity contribution in [3.8, 4) is 6.07 Å². The minimum absolute atomic E-state index is 0.502. The summed E-state index contributed by atoms with van der Waals surface area (Å²) in [6.45, 7) is 2.12. The van der Waals surface area contributed by atoms with Crippen LogP contribution in [0.3, 0.4) is 0 Å². The van der Waals surface area contributed by atoms with E-state index in [2.05, 4.69) is 21.7 Å². The molecule has 78 valence electrons. The topological polar surface area (TPSA) is 60.7 Å². The Kier molecular flexibility index (Phi) is 3.15. The first-order valence-corrected chi connectivity index (χ1v) is 5.21. The van der Waals surface area contributed by atoms with Crippen LogP contribution in [0, 0.1) is 11.3 Å². The van der Waals surface area contributed by atoms with Gasteiger partial charge < -0.3 is 10.6 Å². The van der Waals surface area contributed by atoms with Crippen molar-refractivity contribution in [2.75, 3.05) is 18.4 Å². The van der Waals surface area contributed by atoms with Gasteiger partial charge in [-0.05, 0) is 32.0 Å². The van der Waals surface area contributed by atoms with Crippen molar-refractivity contribution in [3.63, 3.8) is 0 Å². The highest BCUT2D eigenvalue weighted by atomic mass is 15.0. The van der Waals surface area contributed by atoms with Crippen LogP contribution >= 0.6 is 0 Å². The van der Waals surface area contributed by atoms with E-state index in [1.165, 1.54) is 0 Å². The lowest BCUT2D eigenvalue weighted by atomic mass is 10.1. The van der Waals surface area contributed by atoms with Crippen LogP contribution in [0.5, 0.6) is 0 Å². The van der Waals surface area contributed by atoms with Gasteiger partial charge in [0.05, 0.1) is 17.4 Å². The van der Waals surface area contributed by atoms with Crippen molar-refractivity contribution in [2.24, 2.45) is 0 Å². The van der Waals surface area contributed by atoms with Gasteiger partial charge in [-0.15, -0.1) is 0 Å². The van der Waals surface area contributed by atoms with Gasteiger partial charge >= 0.3 is 0 Å². The minimum atomic E-state index is 0.502. The lowest BCUT2D eigenvalue weighted by Gasteiger charge is -2.24. The second-order valence-corrected chi connectivity index (χ2v) is 3.74. The van der Waals surface area contributed by atoms with E-state index in [0.717, 1.165) is 31.6 Å². The van der Waals surface area contributed by atoms with Crippen LogP contribution in [-0.4, -0.2) is 24.1 Å². The van der Waals surface area contributed by atoms with Crippen molar-refractivity contribution in [3.05, 3.63) is 24.0 Å². The van der Waals surface area contributed by atoms with Crippen LogP contribution in [0.4, 0.5) is 5.69 Å². The molecular weight excluding hydrogens is 188 g/mol. The van der Waals surface area contributed by atoms with E-state index >= 15 is 0 Å². The maximum atomic E-state index is 8.74. The predicted octanol–water partition coefficient (Wildman–Crippen LogP) is 1.12. The zero-order valence-electron chi connectivity index (χ0n) is 8.53. The van der Waals surface area contributed by atoms with E-state index in [0.29, 0.717) is 11.6 Å². The average molecular weight is 202 g/mol. The highest BCUT2D eigenvalue weighted by Crippen LogP contribution is 2.13. The van der Waals surface area contributed by atoms with Gasteiger partial charge in [0.25, 0.3) is 0 Å². The van der Waals surface area contributed by atoms with Crippen molar-refractivity contribution >= 4 is 5.69 Å². The normalized spacial score (nSPS) is 17.0. The standard InChI is InChI=1S/C11H14N4/c12-6-9-5-11(8-14-7-9)15-10-1-3-13-4-2-10/h5,7-8,10,13,15H,1-4H2. The molecule has 1 aliphatic rings. The van der Waals surface area contributed by atoms with Crippen LogP contribution in [0.15, 0.2) is 18.5 Å². The Morgan fingerprint density at radius 1 is 1.40 bits per heavy atom. The van der Waals surface area contributed by atoms with Gasteiger partial charge in [-0.3, -0.25) is 4.98 Å². The Labute approximate surface area is 89.3 Å². The number of rotatable bonds is 2. The molecule has 0 bridgehead atoms. The lowest BCUT2D eigenvalue weighted by Crippen LogP contribution is -2.35. The van der Waals surface area contributed by atoms with Crippen LogP contribution < -0.4 is 10.6 Å². The summed E-state index contributed by atoms with van der Waals surface area (Å²) in [5.74, 6) is 0. The smallest absolute Gasteiger partial charge is 0.101 e. The van der Waals surface area contributed by atoms with Gasteiger partial charge in [-0.2, -0.15) is 5.26 Å². The second kappa shape index (κ2) is 4.76. The zero-order valence-corrected chi connectivity index (χ0v) is 8.53. The van der Waals surface area contributed by atoms with Crippen LogP contribution in [-0.2, 0) is 0 Å². The second-order valence-electron chi connectivity index (χ2n) is 3.74. The molecule has 4 nitrogen and oxygen atoms in total. The van der Waals surface area contributed by atoms with Crippen molar-refractivity contribution in [1.82, 2.24) is 10.3 Å². The molecule has 0 aromatic carbocycles. The summed E-state index contributed by atoms with van der Waals surface area (Å²) in [6, 6.07) is 4.43. The van der Waals surface area contributed by atoms with Gasteiger partial charge in [-0.1, -0.05) is 0 Å². The van der Waals surface area contributed by atoms with E-state index in [1.54, 1.807) is 12.4 Å². The van der Waals surface area contributed by atoms with E-state index in [1.807, 2.05) is 6.07 Å². The fourth-order valence-electron chi connectivity index (χ4n) is 1.78. The molecule has 0 saturated carbocycles. The molecule has 1 aliphatic heterocycles. The van der Waals surface area contributed by atoms with E-state index in [-0.39, 0.29) is 0 Å². The van der Waals surface area contributed by atoms with Gasteiger partial charge in [0.2, 0.25) is 0 Å². The first-order chi connectivity index (χ1) is 7.38. The summed E-state index contributed by atoms with van der Waals surface area (Å²) in [6.07, 6.45) is 5.59. The van der Waals surface area contributed by atoms with Gasteiger partial charge in [0.1, 0.15) is 6.07 Å². The van der Waals surface area contributed by atoms with E-state index in [9.17, 15) is 0 Å². The minimum Gasteiger partial charge on any atom is -0.381 e. The third-order valence-electron chi connectivity index (χ3n) is 2.58. The van der Waals surface area contributed by atoms with Gasteiger partial charge in [0.15, 0.2) is 0 Å². The fraction of sp³-hybridized carbons (Fsp3) is 0.455. The van der Waals surface area contributed by atoms with E-state index < -0.39 is 0 Å². The number of piperidine rings is 1. The average Bonchev–Trinajstić information content (AvgIpc) is 2.31. The molecule has 2 N–H and O–H groups in total. The highest BCUT2D eigenvalue weighted by Gasteiger charge is 2.12. The van der Waals surface area contributed by atoms with Crippen LogP contribution in [0.25, 0.3) is 0 Å². The first kappa shape index (κ1) is 9.94. The van der Waals surface area contributed by atoms with E-state index in [4.69, 9.17) is 5.26 Å². The fourth-order valence-corrected chi connectivity index (χ4v) is 1.78. The molecule has 1 aromatic rings. The molecule has 15 heavy (non-hydrogen) atoms. The Balaban J connectivity index is 2.00. The quantitative estimate of drug-likeness (QED) is 0.754. The zero-order chi connectivity index (χ0) is 10.5. The SMILES string of the molecule is N#Cc1cncc(NC2CCNCC2)c1. The molecule has 0 atom stereocenters. The summed E-state index contributed by atoms with van der Waals surface area (Å²) in [4.78, 5) is 4.02. The summed E-state index contributed by atoms with van der Waals surface area (Å²) >= 11 is 0. The van der Waals surface area contributed by atoms with Crippen molar-refractivity contribution < 1.29 is 0 Å². The molecule has 0 aliphatic carbocycles. The lowest BCUT2D eigenvalue weighted by molar-refractivity contribution is 0.479. The number of nitriles is 1. The summed E-state index contributed by atoms with van der Waals surface area (Å²) < 4.78 is 0. The maximum absolute atomic E-state index is 8.74. The number of nitrogens with zero attached hydrogens (tertiary/aromatic N) is 2. The van der Waals surface area contributed by atoms with Gasteiger partial charge in [0, 0.05) is 12.2 Å². The number of nitrogens with one attached hydrogen (secondary N) is 2. The summed E-state index contributed by atoms with van der Waals surface area (Å²) in [5, 5.41) is 15.5. The predicted molar refractivity (Wildman–Crippen MR) is 58.5 cm³/mol.